The first-order valence-corrected chi connectivity index (χ1v) is 13.1. The first-order valence-electron chi connectivity index (χ1n) is 13.1. The number of carbonyl (C=O) groups is 2. The van der Waals surface area contributed by atoms with Gasteiger partial charge in [0.05, 0.1) is 30.3 Å². The molecule has 0 bridgehead atoms. The van der Waals surface area contributed by atoms with Crippen molar-refractivity contribution < 1.29 is 19.1 Å². The second kappa shape index (κ2) is 10.9. The highest BCUT2D eigenvalue weighted by Gasteiger charge is 2.32. The van der Waals surface area contributed by atoms with Gasteiger partial charge in [-0.15, -0.1) is 0 Å². The average Bonchev–Trinajstić information content (AvgIpc) is 3.30. The third-order valence-corrected chi connectivity index (χ3v) is 6.82. The zero-order valence-electron chi connectivity index (χ0n) is 23.4. The third-order valence-electron chi connectivity index (χ3n) is 6.82. The van der Waals surface area contributed by atoms with Crippen molar-refractivity contribution in [3.8, 4) is 11.4 Å². The number of carbonyl (C=O) groups excluding carboxylic acids is 2. The number of nitrogens with zero attached hydrogens (tertiary/aromatic N) is 3. The molecule has 1 saturated heterocycles. The van der Waals surface area contributed by atoms with Crippen LogP contribution in [0.2, 0.25) is 0 Å². The van der Waals surface area contributed by atoms with Gasteiger partial charge in [0.15, 0.2) is 0 Å². The standard InChI is InChI=1S/C30H38N4O4/c1-19-16-20(2)26(21(3)17-19)32-28(35)25-18-31-34(23-8-10-24(37-7)11-9-23)27(25)22-12-14-33(15-13-22)29(36)38-30(4,5)6/h8-11,16-18,22H,12-15H2,1-7H3,(H,32,35). The number of nitrogens with one attached hydrogen (secondary N) is 1. The number of methoxy groups -OCH3 is 1. The Hall–Kier alpha value is -3.81. The van der Waals surface area contributed by atoms with E-state index >= 15 is 0 Å². The first kappa shape index (κ1) is 27.2. The summed E-state index contributed by atoms with van der Waals surface area (Å²) in [6.45, 7) is 12.8. The Morgan fingerprint density at radius 3 is 2.16 bits per heavy atom. The Morgan fingerprint density at radius 2 is 1.61 bits per heavy atom. The van der Waals surface area contributed by atoms with Crippen LogP contribution in [0.4, 0.5) is 10.5 Å². The fourth-order valence-corrected chi connectivity index (χ4v) is 5.07. The summed E-state index contributed by atoms with van der Waals surface area (Å²) in [7, 11) is 1.63. The SMILES string of the molecule is COc1ccc(-n2ncc(C(=O)Nc3c(C)cc(C)cc3C)c2C2CCN(C(=O)OC(C)(C)C)CC2)cc1. The minimum atomic E-state index is -0.543. The van der Waals surface area contributed by atoms with Gasteiger partial charge in [0.2, 0.25) is 0 Å². The molecule has 1 aliphatic rings. The van der Waals surface area contributed by atoms with Gasteiger partial charge in [0.1, 0.15) is 11.4 Å². The molecule has 8 nitrogen and oxygen atoms in total. The van der Waals surface area contributed by atoms with Crippen molar-refractivity contribution in [1.29, 1.82) is 0 Å². The lowest BCUT2D eigenvalue weighted by Crippen LogP contribution is -2.41. The highest BCUT2D eigenvalue weighted by molar-refractivity contribution is 6.06. The molecule has 38 heavy (non-hydrogen) atoms. The lowest BCUT2D eigenvalue weighted by molar-refractivity contribution is 0.0203. The van der Waals surface area contributed by atoms with Crippen molar-refractivity contribution in [2.45, 2.75) is 65.9 Å². The molecule has 0 atom stereocenters. The molecule has 2 amide bonds. The maximum atomic E-state index is 13.7. The molecular weight excluding hydrogens is 480 g/mol. The van der Waals surface area contributed by atoms with Gasteiger partial charge in [-0.1, -0.05) is 17.7 Å². The fraction of sp³-hybridized carbons (Fsp3) is 0.433. The molecule has 1 aliphatic heterocycles. The molecule has 2 aromatic carbocycles. The molecule has 202 valence electrons. The monoisotopic (exact) mass is 518 g/mol. The lowest BCUT2D eigenvalue weighted by Gasteiger charge is -2.34. The molecule has 0 spiro atoms. The molecule has 4 rings (SSSR count). The molecule has 1 fully saturated rings. The van der Waals surface area contributed by atoms with Crippen molar-refractivity contribution >= 4 is 17.7 Å². The van der Waals surface area contributed by atoms with E-state index < -0.39 is 5.60 Å². The molecular formula is C30H38N4O4. The number of aromatic nitrogens is 2. The van der Waals surface area contributed by atoms with E-state index in [-0.39, 0.29) is 17.9 Å². The van der Waals surface area contributed by atoms with E-state index in [0.29, 0.717) is 31.5 Å². The summed E-state index contributed by atoms with van der Waals surface area (Å²) in [5.74, 6) is 0.597. The number of anilines is 1. The Bertz CT molecular complexity index is 1290. The number of amides is 2. The first-order chi connectivity index (χ1) is 18.0. The molecule has 1 aromatic heterocycles. The molecule has 0 saturated carbocycles. The molecule has 8 heteroatoms. The van der Waals surface area contributed by atoms with Crippen molar-refractivity contribution in [2.75, 3.05) is 25.5 Å². The Balaban J connectivity index is 1.65. The number of rotatable bonds is 5. The van der Waals surface area contributed by atoms with Gasteiger partial charge in [0.25, 0.3) is 5.91 Å². The molecule has 0 unspecified atom stereocenters. The second-order valence-electron chi connectivity index (χ2n) is 11.0. The summed E-state index contributed by atoms with van der Waals surface area (Å²) in [5.41, 5.74) is 5.70. The van der Waals surface area contributed by atoms with E-state index in [0.717, 1.165) is 39.5 Å². The van der Waals surface area contributed by atoms with Crippen LogP contribution in [0.15, 0.2) is 42.6 Å². The normalized spacial score (nSPS) is 14.3. The van der Waals surface area contributed by atoms with Gasteiger partial charge in [-0.2, -0.15) is 5.10 Å². The number of ether oxygens (including phenoxy) is 2. The average molecular weight is 519 g/mol. The van der Waals surface area contributed by atoms with Crippen LogP contribution in [-0.2, 0) is 4.74 Å². The maximum absolute atomic E-state index is 13.7. The molecule has 0 radical (unpaired) electrons. The van der Waals surface area contributed by atoms with Gasteiger partial charge < -0.3 is 19.7 Å². The molecule has 0 aliphatic carbocycles. The van der Waals surface area contributed by atoms with E-state index in [1.807, 2.05) is 70.5 Å². The molecule has 3 aromatic rings. The third kappa shape index (κ3) is 6.01. The fourth-order valence-electron chi connectivity index (χ4n) is 5.07. The number of hydrogen-bond acceptors (Lipinski definition) is 5. The van der Waals surface area contributed by atoms with Crippen LogP contribution in [0.3, 0.4) is 0 Å². The summed E-state index contributed by atoms with van der Waals surface area (Å²) in [6.07, 6.45) is 2.74. The van der Waals surface area contributed by atoms with E-state index in [4.69, 9.17) is 9.47 Å². The number of hydrogen-bond donors (Lipinski definition) is 1. The Kier molecular flexibility index (Phi) is 7.81. The van der Waals surface area contributed by atoms with Gasteiger partial charge in [0, 0.05) is 24.7 Å². The van der Waals surface area contributed by atoms with Crippen molar-refractivity contribution in [2.24, 2.45) is 0 Å². The van der Waals surface area contributed by atoms with Crippen LogP contribution >= 0.6 is 0 Å². The number of aryl methyl sites for hydroxylation is 3. The van der Waals surface area contributed by atoms with Crippen LogP contribution in [0.25, 0.3) is 5.69 Å². The van der Waals surface area contributed by atoms with Crippen LogP contribution in [0.5, 0.6) is 5.75 Å². The van der Waals surface area contributed by atoms with Gasteiger partial charge >= 0.3 is 6.09 Å². The topological polar surface area (TPSA) is 85.7 Å². The minimum absolute atomic E-state index is 0.0410. The predicted molar refractivity (Wildman–Crippen MR) is 149 cm³/mol. The number of likely N-dealkylation sites (tertiary alicyclic amines) is 1. The van der Waals surface area contributed by atoms with E-state index in [1.54, 1.807) is 18.2 Å². The van der Waals surface area contributed by atoms with Crippen LogP contribution < -0.4 is 10.1 Å². The largest absolute Gasteiger partial charge is 0.497 e. The van der Waals surface area contributed by atoms with Crippen LogP contribution in [-0.4, -0.2) is 52.5 Å². The van der Waals surface area contributed by atoms with Crippen molar-refractivity contribution in [1.82, 2.24) is 14.7 Å². The summed E-state index contributed by atoms with van der Waals surface area (Å²) in [6, 6.07) is 11.8. The summed E-state index contributed by atoms with van der Waals surface area (Å²) in [5, 5.41) is 7.79. The lowest BCUT2D eigenvalue weighted by atomic mass is 9.90. The predicted octanol–water partition coefficient (Wildman–Crippen LogP) is 6.17. The highest BCUT2D eigenvalue weighted by Crippen LogP contribution is 2.34. The van der Waals surface area contributed by atoms with E-state index in [9.17, 15) is 9.59 Å². The van der Waals surface area contributed by atoms with Gasteiger partial charge in [-0.05, 0) is 89.8 Å². The smallest absolute Gasteiger partial charge is 0.410 e. The number of piperidine rings is 1. The van der Waals surface area contributed by atoms with E-state index in [2.05, 4.69) is 22.5 Å². The molecule has 2 heterocycles. The van der Waals surface area contributed by atoms with Crippen LogP contribution in [0.1, 0.15) is 72.3 Å². The maximum Gasteiger partial charge on any atom is 0.410 e. The zero-order chi connectivity index (χ0) is 27.6. The van der Waals surface area contributed by atoms with Crippen LogP contribution in [0, 0.1) is 20.8 Å². The van der Waals surface area contributed by atoms with Gasteiger partial charge in [-0.25, -0.2) is 9.48 Å². The summed E-state index contributed by atoms with van der Waals surface area (Å²) < 4.78 is 12.7. The van der Waals surface area contributed by atoms with Crippen molar-refractivity contribution in [3.63, 3.8) is 0 Å². The Morgan fingerprint density at radius 1 is 1.00 bits per heavy atom. The Labute approximate surface area is 224 Å². The van der Waals surface area contributed by atoms with Gasteiger partial charge in [-0.3, -0.25) is 4.79 Å². The summed E-state index contributed by atoms with van der Waals surface area (Å²) >= 11 is 0. The minimum Gasteiger partial charge on any atom is -0.497 e. The van der Waals surface area contributed by atoms with E-state index in [1.165, 1.54) is 0 Å². The number of benzene rings is 2. The second-order valence-corrected chi connectivity index (χ2v) is 11.0. The molecule has 1 N–H and O–H groups in total. The summed E-state index contributed by atoms with van der Waals surface area (Å²) in [4.78, 5) is 28.0. The highest BCUT2D eigenvalue weighted by atomic mass is 16.6. The quantitative estimate of drug-likeness (QED) is 0.436. The van der Waals surface area contributed by atoms with Crippen molar-refractivity contribution in [3.05, 3.63) is 70.5 Å². The zero-order valence-corrected chi connectivity index (χ0v) is 23.4.